The molecule has 1 aromatic heterocycles. The van der Waals surface area contributed by atoms with Crippen molar-refractivity contribution >= 4 is 23.0 Å². The summed E-state index contributed by atoms with van der Waals surface area (Å²) in [4.78, 5) is 24.6. The molecule has 128 valence electrons. The standard InChI is InChI=1S/C18H25N5O/c24-18(19-14-6-2-1-3-7-14)23-12-10-22(11-13-23)17-20-15-8-4-5-9-16(15)21-17/h4-5,8-9,14H,1-3,6-7,10-13H2,(H,19,24)(H,20,21). The van der Waals surface area contributed by atoms with Crippen molar-refractivity contribution in [3.8, 4) is 0 Å². The number of nitrogens with zero attached hydrogens (tertiary/aromatic N) is 3. The minimum Gasteiger partial charge on any atom is -0.339 e. The summed E-state index contributed by atoms with van der Waals surface area (Å²) in [5.41, 5.74) is 2.05. The highest BCUT2D eigenvalue weighted by atomic mass is 16.2. The van der Waals surface area contributed by atoms with E-state index in [1.54, 1.807) is 0 Å². The minimum atomic E-state index is 0.103. The van der Waals surface area contributed by atoms with Gasteiger partial charge in [-0.25, -0.2) is 9.78 Å². The van der Waals surface area contributed by atoms with Gasteiger partial charge >= 0.3 is 6.03 Å². The molecular formula is C18H25N5O. The molecule has 24 heavy (non-hydrogen) atoms. The zero-order chi connectivity index (χ0) is 16.4. The molecule has 2 fully saturated rings. The highest BCUT2D eigenvalue weighted by molar-refractivity contribution is 5.78. The molecule has 4 rings (SSSR count). The summed E-state index contributed by atoms with van der Waals surface area (Å²) in [7, 11) is 0. The van der Waals surface area contributed by atoms with Crippen molar-refractivity contribution < 1.29 is 4.79 Å². The second kappa shape index (κ2) is 6.71. The van der Waals surface area contributed by atoms with Crippen LogP contribution in [-0.2, 0) is 0 Å². The number of hydrogen-bond acceptors (Lipinski definition) is 3. The molecule has 2 aromatic rings. The van der Waals surface area contributed by atoms with Crippen LogP contribution in [0.25, 0.3) is 11.0 Å². The van der Waals surface area contributed by atoms with Crippen molar-refractivity contribution in [2.45, 2.75) is 38.1 Å². The Morgan fingerprint density at radius 1 is 1.08 bits per heavy atom. The van der Waals surface area contributed by atoms with Crippen LogP contribution in [0.1, 0.15) is 32.1 Å². The molecule has 0 atom stereocenters. The largest absolute Gasteiger partial charge is 0.339 e. The summed E-state index contributed by atoms with van der Waals surface area (Å²) < 4.78 is 0. The molecule has 2 N–H and O–H groups in total. The van der Waals surface area contributed by atoms with Crippen LogP contribution in [0.2, 0.25) is 0 Å². The Kier molecular flexibility index (Phi) is 4.28. The normalized spacial score (nSPS) is 19.7. The van der Waals surface area contributed by atoms with Crippen LogP contribution in [-0.4, -0.2) is 53.1 Å². The van der Waals surface area contributed by atoms with Crippen molar-refractivity contribution in [2.24, 2.45) is 0 Å². The number of imidazole rings is 1. The predicted molar refractivity (Wildman–Crippen MR) is 95.3 cm³/mol. The monoisotopic (exact) mass is 327 g/mol. The number of urea groups is 1. The number of benzene rings is 1. The average Bonchev–Trinajstić information content (AvgIpc) is 3.07. The Morgan fingerprint density at radius 2 is 1.83 bits per heavy atom. The van der Waals surface area contributed by atoms with Gasteiger partial charge in [0, 0.05) is 32.2 Å². The van der Waals surface area contributed by atoms with E-state index in [1.807, 2.05) is 29.2 Å². The summed E-state index contributed by atoms with van der Waals surface area (Å²) in [5.74, 6) is 0.906. The smallest absolute Gasteiger partial charge is 0.317 e. The molecule has 1 saturated heterocycles. The van der Waals surface area contributed by atoms with E-state index in [0.717, 1.165) is 56.0 Å². The number of nitrogens with one attached hydrogen (secondary N) is 2. The van der Waals surface area contributed by atoms with Crippen molar-refractivity contribution in [1.82, 2.24) is 20.2 Å². The number of aromatic nitrogens is 2. The molecule has 0 radical (unpaired) electrons. The van der Waals surface area contributed by atoms with Gasteiger partial charge in [-0.3, -0.25) is 0 Å². The van der Waals surface area contributed by atoms with Gasteiger partial charge in [0.2, 0.25) is 5.95 Å². The molecule has 1 saturated carbocycles. The number of para-hydroxylation sites is 2. The van der Waals surface area contributed by atoms with Gasteiger partial charge in [0.1, 0.15) is 0 Å². The second-order valence-electron chi connectivity index (χ2n) is 6.84. The molecule has 2 amide bonds. The Balaban J connectivity index is 1.33. The fourth-order valence-electron chi connectivity index (χ4n) is 3.72. The Hall–Kier alpha value is -2.24. The first-order chi connectivity index (χ1) is 11.8. The predicted octanol–water partition coefficient (Wildman–Crippen LogP) is 2.73. The van der Waals surface area contributed by atoms with E-state index in [4.69, 9.17) is 0 Å². The number of rotatable bonds is 2. The maximum Gasteiger partial charge on any atom is 0.317 e. The van der Waals surface area contributed by atoms with Crippen LogP contribution in [0.5, 0.6) is 0 Å². The molecule has 1 aromatic carbocycles. The number of carbonyl (C=O) groups excluding carboxylic acids is 1. The van der Waals surface area contributed by atoms with E-state index in [9.17, 15) is 4.79 Å². The van der Waals surface area contributed by atoms with Crippen LogP contribution in [0, 0.1) is 0 Å². The number of H-pyrrole nitrogens is 1. The van der Waals surface area contributed by atoms with Crippen LogP contribution in [0.4, 0.5) is 10.7 Å². The Morgan fingerprint density at radius 3 is 2.58 bits per heavy atom. The first kappa shape index (κ1) is 15.3. The topological polar surface area (TPSA) is 64.3 Å². The van der Waals surface area contributed by atoms with Gasteiger partial charge < -0.3 is 20.1 Å². The molecular weight excluding hydrogens is 302 g/mol. The molecule has 1 aliphatic heterocycles. The number of aromatic amines is 1. The third-order valence-corrected chi connectivity index (χ3v) is 5.18. The number of hydrogen-bond donors (Lipinski definition) is 2. The number of anilines is 1. The van der Waals surface area contributed by atoms with Gasteiger partial charge in [-0.05, 0) is 25.0 Å². The SMILES string of the molecule is O=C(NC1CCCCC1)N1CCN(c2nc3ccccc3[nH]2)CC1. The Bertz CT molecular complexity index is 665. The average molecular weight is 327 g/mol. The second-order valence-corrected chi connectivity index (χ2v) is 6.84. The maximum absolute atomic E-state index is 12.4. The van der Waals surface area contributed by atoms with Gasteiger partial charge in [0.25, 0.3) is 0 Å². The van der Waals surface area contributed by atoms with Gasteiger partial charge in [-0.15, -0.1) is 0 Å². The van der Waals surface area contributed by atoms with Crippen LogP contribution >= 0.6 is 0 Å². The van der Waals surface area contributed by atoms with Crippen LogP contribution in [0.3, 0.4) is 0 Å². The quantitative estimate of drug-likeness (QED) is 0.891. The Labute approximate surface area is 142 Å². The lowest BCUT2D eigenvalue weighted by Crippen LogP contribution is -2.53. The number of carbonyl (C=O) groups is 1. The van der Waals surface area contributed by atoms with Gasteiger partial charge in [0.05, 0.1) is 11.0 Å². The van der Waals surface area contributed by atoms with E-state index < -0.39 is 0 Å². The summed E-state index contributed by atoms with van der Waals surface area (Å²) in [6.45, 7) is 3.13. The van der Waals surface area contributed by atoms with E-state index in [0.29, 0.717) is 6.04 Å². The molecule has 6 nitrogen and oxygen atoms in total. The third kappa shape index (κ3) is 3.18. The lowest BCUT2D eigenvalue weighted by Gasteiger charge is -2.35. The highest BCUT2D eigenvalue weighted by Crippen LogP contribution is 2.20. The first-order valence-electron chi connectivity index (χ1n) is 9.05. The summed E-state index contributed by atoms with van der Waals surface area (Å²) in [6, 6.07) is 8.55. The maximum atomic E-state index is 12.4. The van der Waals surface area contributed by atoms with Gasteiger partial charge in [0.15, 0.2) is 0 Å². The first-order valence-corrected chi connectivity index (χ1v) is 9.05. The third-order valence-electron chi connectivity index (χ3n) is 5.18. The zero-order valence-corrected chi connectivity index (χ0v) is 14.0. The lowest BCUT2D eigenvalue weighted by atomic mass is 9.96. The van der Waals surface area contributed by atoms with E-state index >= 15 is 0 Å². The summed E-state index contributed by atoms with van der Waals surface area (Å²) in [5, 5.41) is 3.21. The van der Waals surface area contributed by atoms with Crippen molar-refractivity contribution in [3.05, 3.63) is 24.3 Å². The zero-order valence-electron chi connectivity index (χ0n) is 14.0. The van der Waals surface area contributed by atoms with Crippen molar-refractivity contribution in [3.63, 3.8) is 0 Å². The molecule has 2 heterocycles. The van der Waals surface area contributed by atoms with E-state index in [1.165, 1.54) is 19.3 Å². The molecule has 0 unspecified atom stereocenters. The molecule has 0 bridgehead atoms. The fraction of sp³-hybridized carbons (Fsp3) is 0.556. The molecule has 2 aliphatic rings. The molecule has 0 spiro atoms. The van der Waals surface area contributed by atoms with Gasteiger partial charge in [-0.2, -0.15) is 0 Å². The van der Waals surface area contributed by atoms with E-state index in [2.05, 4.69) is 20.2 Å². The summed E-state index contributed by atoms with van der Waals surface area (Å²) >= 11 is 0. The van der Waals surface area contributed by atoms with Gasteiger partial charge in [-0.1, -0.05) is 31.4 Å². The molecule has 6 heteroatoms. The number of amides is 2. The van der Waals surface area contributed by atoms with Crippen LogP contribution in [0.15, 0.2) is 24.3 Å². The number of fused-ring (bicyclic) bond motifs is 1. The number of piperazine rings is 1. The summed E-state index contributed by atoms with van der Waals surface area (Å²) in [6.07, 6.45) is 6.05. The highest BCUT2D eigenvalue weighted by Gasteiger charge is 2.25. The lowest BCUT2D eigenvalue weighted by molar-refractivity contribution is 0.186. The van der Waals surface area contributed by atoms with Crippen molar-refractivity contribution in [2.75, 3.05) is 31.1 Å². The van der Waals surface area contributed by atoms with Crippen LogP contribution < -0.4 is 10.2 Å². The van der Waals surface area contributed by atoms with Crippen molar-refractivity contribution in [1.29, 1.82) is 0 Å². The minimum absolute atomic E-state index is 0.103. The van der Waals surface area contributed by atoms with E-state index in [-0.39, 0.29) is 6.03 Å². The molecule has 1 aliphatic carbocycles. The fourth-order valence-corrected chi connectivity index (χ4v) is 3.72.